The Morgan fingerprint density at radius 1 is 0.635 bits per heavy atom. The van der Waals surface area contributed by atoms with Crippen molar-refractivity contribution in [2.24, 2.45) is 5.92 Å². The van der Waals surface area contributed by atoms with Gasteiger partial charge in [0.1, 0.15) is 0 Å². The molecule has 1 saturated heterocycles. The van der Waals surface area contributed by atoms with Gasteiger partial charge in [-0.15, -0.1) is 0 Å². The zero-order valence-corrected chi connectivity index (χ0v) is 32.8. The second kappa shape index (κ2) is 39.7. The maximum Gasteiger partial charge on any atom is 0.220 e. The average Bonchev–Trinajstić information content (AvgIpc) is 3.16. The smallest absolute Gasteiger partial charge is 0.220 e. The highest BCUT2D eigenvalue weighted by molar-refractivity contribution is 5.75. The fourth-order valence-corrected chi connectivity index (χ4v) is 5.98. The van der Waals surface area contributed by atoms with Gasteiger partial charge in [-0.2, -0.15) is 0 Å². The second-order valence-corrected chi connectivity index (χ2v) is 13.5. The van der Waals surface area contributed by atoms with Crippen molar-refractivity contribution in [3.05, 3.63) is 0 Å². The van der Waals surface area contributed by atoms with Crippen molar-refractivity contribution in [3.8, 4) is 0 Å². The average molecular weight is 751 g/mol. The monoisotopic (exact) mass is 751 g/mol. The highest BCUT2D eigenvalue weighted by atomic mass is 16.6. The van der Waals surface area contributed by atoms with Crippen LogP contribution in [0.1, 0.15) is 103 Å². The Hall–Kier alpha value is -0.970. The molecule has 0 spiro atoms. The maximum atomic E-state index is 12.4. The SMILES string of the molecule is CCCCCCOCCOCCOCCOCCOCCOCCOCCNC(=O)CCC(CCCO)CCC(CCO)OCC[C@@H]1CCCCN1. The third-order valence-corrected chi connectivity index (χ3v) is 9.07. The van der Waals surface area contributed by atoms with E-state index in [1.54, 1.807) is 0 Å². The number of hydrogen-bond donors (Lipinski definition) is 4. The van der Waals surface area contributed by atoms with Crippen molar-refractivity contribution < 1.29 is 52.9 Å². The summed E-state index contributed by atoms with van der Waals surface area (Å²) in [6.45, 7) is 12.2. The number of carbonyl (C=O) groups is 1. The van der Waals surface area contributed by atoms with Crippen LogP contribution >= 0.6 is 0 Å². The minimum absolute atomic E-state index is 0.0144. The van der Waals surface area contributed by atoms with E-state index in [0.717, 1.165) is 58.1 Å². The third kappa shape index (κ3) is 33.6. The van der Waals surface area contributed by atoms with Gasteiger partial charge in [0.2, 0.25) is 5.91 Å². The number of hydrogen-bond acceptors (Lipinski definition) is 12. The topological polar surface area (TPSA) is 155 Å². The molecule has 310 valence electrons. The van der Waals surface area contributed by atoms with Crippen molar-refractivity contribution >= 4 is 5.91 Å². The van der Waals surface area contributed by atoms with Gasteiger partial charge in [0.25, 0.3) is 0 Å². The molecule has 13 heteroatoms. The van der Waals surface area contributed by atoms with Crippen LogP contribution in [0.3, 0.4) is 0 Å². The number of ether oxygens (including phenoxy) is 8. The zero-order chi connectivity index (χ0) is 37.4. The highest BCUT2D eigenvalue weighted by Crippen LogP contribution is 2.23. The van der Waals surface area contributed by atoms with Gasteiger partial charge in [-0.3, -0.25) is 4.79 Å². The molecular formula is C39H78N2O11. The van der Waals surface area contributed by atoms with Gasteiger partial charge in [-0.05, 0) is 76.7 Å². The number of aliphatic hydroxyl groups excluding tert-OH is 2. The number of piperidine rings is 1. The minimum Gasteiger partial charge on any atom is -0.396 e. The van der Waals surface area contributed by atoms with E-state index in [1.165, 1.54) is 38.5 Å². The van der Waals surface area contributed by atoms with Crippen molar-refractivity contribution in [3.63, 3.8) is 0 Å². The molecule has 2 unspecified atom stereocenters. The van der Waals surface area contributed by atoms with Gasteiger partial charge in [0.15, 0.2) is 0 Å². The van der Waals surface area contributed by atoms with Gasteiger partial charge >= 0.3 is 0 Å². The van der Waals surface area contributed by atoms with Crippen LogP contribution in [-0.4, -0.2) is 154 Å². The van der Waals surface area contributed by atoms with Crippen molar-refractivity contribution in [2.45, 2.75) is 115 Å². The Kier molecular flexibility index (Phi) is 37.5. The maximum absolute atomic E-state index is 12.4. The number of aliphatic hydroxyl groups is 2. The van der Waals surface area contributed by atoms with E-state index in [0.29, 0.717) is 124 Å². The van der Waals surface area contributed by atoms with Crippen molar-refractivity contribution in [2.75, 3.05) is 125 Å². The summed E-state index contributed by atoms with van der Waals surface area (Å²) in [4.78, 5) is 12.4. The molecule has 1 aliphatic rings. The molecule has 0 aromatic rings. The largest absolute Gasteiger partial charge is 0.396 e. The molecule has 52 heavy (non-hydrogen) atoms. The molecular weight excluding hydrogens is 672 g/mol. The van der Waals surface area contributed by atoms with Crippen LogP contribution in [0.2, 0.25) is 0 Å². The van der Waals surface area contributed by atoms with Gasteiger partial charge in [-0.1, -0.05) is 32.6 Å². The Balaban J connectivity index is 1.90. The summed E-state index contributed by atoms with van der Waals surface area (Å²) in [5.74, 6) is 0.351. The summed E-state index contributed by atoms with van der Waals surface area (Å²) in [7, 11) is 0. The fourth-order valence-electron chi connectivity index (χ4n) is 5.98. The van der Waals surface area contributed by atoms with Crippen LogP contribution in [0.15, 0.2) is 0 Å². The van der Waals surface area contributed by atoms with Gasteiger partial charge in [-0.25, -0.2) is 0 Å². The molecule has 0 aliphatic carbocycles. The number of rotatable bonds is 41. The van der Waals surface area contributed by atoms with E-state index in [-0.39, 0.29) is 25.2 Å². The molecule has 1 amide bonds. The Labute approximate surface area is 315 Å². The summed E-state index contributed by atoms with van der Waals surface area (Å²) in [5, 5.41) is 25.4. The van der Waals surface area contributed by atoms with Gasteiger partial charge in [0.05, 0.1) is 92.0 Å². The van der Waals surface area contributed by atoms with Crippen LogP contribution in [0, 0.1) is 5.92 Å². The zero-order valence-electron chi connectivity index (χ0n) is 32.8. The first-order valence-electron chi connectivity index (χ1n) is 20.6. The van der Waals surface area contributed by atoms with E-state index >= 15 is 0 Å². The molecule has 3 atom stereocenters. The molecule has 1 aliphatic heterocycles. The molecule has 0 aromatic heterocycles. The van der Waals surface area contributed by atoms with E-state index in [4.69, 9.17) is 37.9 Å². The van der Waals surface area contributed by atoms with Crippen molar-refractivity contribution in [1.29, 1.82) is 0 Å². The highest BCUT2D eigenvalue weighted by Gasteiger charge is 2.17. The van der Waals surface area contributed by atoms with E-state index in [1.807, 2.05) is 0 Å². The van der Waals surface area contributed by atoms with Gasteiger partial charge in [0, 0.05) is 45.4 Å². The first-order chi connectivity index (χ1) is 25.7. The standard InChI is InChI=1S/C39H78N2O11/c1-2-3-4-7-21-45-24-26-47-28-30-49-32-34-51-35-33-50-31-29-48-27-25-46-23-18-41-39(44)14-12-36(9-8-19-42)11-13-38(15-20-43)52-22-16-37-10-5-6-17-40-37/h36-38,40,42-43H,2-35H2,1H3,(H,41,44)/t36?,37-,38?/m0/s1. The Morgan fingerprint density at radius 2 is 1.23 bits per heavy atom. The number of carbonyl (C=O) groups excluding carboxylic acids is 1. The molecule has 13 nitrogen and oxygen atoms in total. The van der Waals surface area contributed by atoms with E-state index in [9.17, 15) is 15.0 Å². The molecule has 1 heterocycles. The van der Waals surface area contributed by atoms with Crippen LogP contribution in [0.4, 0.5) is 0 Å². The summed E-state index contributed by atoms with van der Waals surface area (Å²) in [6, 6.07) is 0.537. The molecule has 0 aromatic carbocycles. The lowest BCUT2D eigenvalue weighted by Gasteiger charge is -2.25. The summed E-state index contributed by atoms with van der Waals surface area (Å²) >= 11 is 0. The van der Waals surface area contributed by atoms with E-state index in [2.05, 4.69) is 17.6 Å². The van der Waals surface area contributed by atoms with Crippen LogP contribution in [-0.2, 0) is 42.7 Å². The lowest BCUT2D eigenvalue weighted by Crippen LogP contribution is -2.35. The summed E-state index contributed by atoms with van der Waals surface area (Å²) in [6.07, 6.45) is 14.9. The summed E-state index contributed by atoms with van der Waals surface area (Å²) in [5.41, 5.74) is 0. The number of nitrogens with one attached hydrogen (secondary N) is 2. The number of amides is 1. The normalized spacial score (nSPS) is 15.9. The molecule has 0 radical (unpaired) electrons. The summed E-state index contributed by atoms with van der Waals surface area (Å²) < 4.78 is 44.8. The van der Waals surface area contributed by atoms with Crippen molar-refractivity contribution in [1.82, 2.24) is 10.6 Å². The predicted octanol–water partition coefficient (Wildman–Crippen LogP) is 4.05. The van der Waals surface area contributed by atoms with Crippen LogP contribution in [0.25, 0.3) is 0 Å². The molecule has 1 rings (SSSR count). The molecule has 0 bridgehead atoms. The first-order valence-corrected chi connectivity index (χ1v) is 20.6. The molecule has 4 N–H and O–H groups in total. The Bertz CT molecular complexity index is 734. The quantitative estimate of drug-likeness (QED) is 0.0667. The lowest BCUT2D eigenvalue weighted by atomic mass is 9.91. The fraction of sp³-hybridized carbons (Fsp3) is 0.974. The van der Waals surface area contributed by atoms with Gasteiger partial charge < -0.3 is 58.7 Å². The molecule has 1 fully saturated rings. The third-order valence-electron chi connectivity index (χ3n) is 9.07. The molecule has 0 saturated carbocycles. The minimum atomic E-state index is 0.0144. The first kappa shape index (κ1) is 49.0. The predicted molar refractivity (Wildman–Crippen MR) is 203 cm³/mol. The van der Waals surface area contributed by atoms with Crippen LogP contribution in [0.5, 0.6) is 0 Å². The second-order valence-electron chi connectivity index (χ2n) is 13.5. The lowest BCUT2D eigenvalue weighted by molar-refractivity contribution is -0.121. The van der Waals surface area contributed by atoms with Crippen LogP contribution < -0.4 is 10.6 Å². The number of unbranched alkanes of at least 4 members (excludes halogenated alkanes) is 3. The van der Waals surface area contributed by atoms with E-state index < -0.39 is 0 Å². The Morgan fingerprint density at radius 3 is 1.77 bits per heavy atom.